The zero-order chi connectivity index (χ0) is 21.9. The highest BCUT2D eigenvalue weighted by molar-refractivity contribution is 7.98. The molecule has 7 nitrogen and oxygen atoms in total. The predicted molar refractivity (Wildman–Crippen MR) is 124 cm³/mol. The fourth-order valence-electron chi connectivity index (χ4n) is 4.00. The first-order chi connectivity index (χ1) is 15.7. The molecule has 1 atom stereocenters. The number of likely N-dealkylation sites (tertiary alicyclic amines) is 1. The quantitative estimate of drug-likeness (QED) is 0.307. The summed E-state index contributed by atoms with van der Waals surface area (Å²) in [5.41, 5.74) is 1.81. The van der Waals surface area contributed by atoms with Crippen LogP contribution in [0, 0.1) is 0 Å². The predicted octanol–water partition coefficient (Wildman–Crippen LogP) is 6.01. The van der Waals surface area contributed by atoms with Gasteiger partial charge in [-0.3, -0.25) is 9.47 Å². The topological polar surface area (TPSA) is 73.1 Å². The van der Waals surface area contributed by atoms with Crippen LogP contribution in [0.25, 0.3) is 17.2 Å². The fraction of sp³-hybridized carbons (Fsp3) is 0.348. The second-order valence-corrected chi connectivity index (χ2v) is 9.25. The van der Waals surface area contributed by atoms with Crippen LogP contribution in [-0.2, 0) is 5.75 Å². The Morgan fingerprint density at radius 3 is 2.62 bits per heavy atom. The minimum absolute atomic E-state index is 0.172. The van der Waals surface area contributed by atoms with Crippen molar-refractivity contribution >= 4 is 23.4 Å². The molecule has 1 aliphatic heterocycles. The van der Waals surface area contributed by atoms with Gasteiger partial charge in [0.2, 0.25) is 5.76 Å². The molecule has 4 heterocycles. The van der Waals surface area contributed by atoms with E-state index in [0.717, 1.165) is 35.5 Å². The minimum atomic E-state index is 0.172. The number of piperidine rings is 1. The molecule has 1 fully saturated rings. The average Bonchev–Trinajstić information content (AvgIpc) is 3.59. The van der Waals surface area contributed by atoms with E-state index in [2.05, 4.69) is 31.7 Å². The molecule has 1 aliphatic rings. The zero-order valence-corrected chi connectivity index (χ0v) is 19.3. The van der Waals surface area contributed by atoms with Gasteiger partial charge < -0.3 is 8.94 Å². The van der Waals surface area contributed by atoms with Crippen LogP contribution in [0.2, 0.25) is 5.02 Å². The van der Waals surface area contributed by atoms with Crippen molar-refractivity contribution in [3.05, 3.63) is 65.3 Å². The van der Waals surface area contributed by atoms with Crippen LogP contribution in [0.5, 0.6) is 0 Å². The van der Waals surface area contributed by atoms with Gasteiger partial charge in [-0.15, -0.1) is 10.2 Å². The summed E-state index contributed by atoms with van der Waals surface area (Å²) in [7, 11) is 0. The van der Waals surface area contributed by atoms with Gasteiger partial charge in [-0.05, 0) is 69.3 Å². The fourth-order valence-corrected chi connectivity index (χ4v) is 4.97. The van der Waals surface area contributed by atoms with Gasteiger partial charge in [0.15, 0.2) is 16.7 Å². The number of furan rings is 1. The Morgan fingerprint density at radius 1 is 1.06 bits per heavy atom. The van der Waals surface area contributed by atoms with Crippen molar-refractivity contribution in [1.29, 1.82) is 0 Å². The molecular weight excluding hydrogens is 446 g/mol. The lowest BCUT2D eigenvalue weighted by molar-refractivity contribution is 0.167. The Kier molecular flexibility index (Phi) is 6.34. The number of hydrogen-bond acceptors (Lipinski definition) is 7. The largest absolute Gasteiger partial charge is 0.461 e. The van der Waals surface area contributed by atoms with E-state index >= 15 is 0 Å². The van der Waals surface area contributed by atoms with Crippen molar-refractivity contribution < 1.29 is 8.94 Å². The molecule has 9 heteroatoms. The highest BCUT2D eigenvalue weighted by Gasteiger charge is 2.25. The molecule has 1 saturated heterocycles. The smallest absolute Gasteiger partial charge is 0.202 e. The number of benzene rings is 1. The highest BCUT2D eigenvalue weighted by Crippen LogP contribution is 2.31. The van der Waals surface area contributed by atoms with Crippen LogP contribution < -0.4 is 0 Å². The van der Waals surface area contributed by atoms with Crippen LogP contribution >= 0.6 is 23.4 Å². The molecule has 3 aromatic heterocycles. The van der Waals surface area contributed by atoms with Gasteiger partial charge in [-0.1, -0.05) is 34.9 Å². The third-order valence-corrected chi connectivity index (χ3v) is 6.94. The number of thioether (sulfide) groups is 1. The van der Waals surface area contributed by atoms with Crippen molar-refractivity contribution in [2.45, 2.75) is 43.1 Å². The van der Waals surface area contributed by atoms with E-state index in [1.54, 1.807) is 18.0 Å². The van der Waals surface area contributed by atoms with Crippen LogP contribution in [0.4, 0.5) is 0 Å². The summed E-state index contributed by atoms with van der Waals surface area (Å²) in [5, 5.41) is 14.8. The third kappa shape index (κ3) is 4.48. The zero-order valence-electron chi connectivity index (χ0n) is 17.8. The van der Waals surface area contributed by atoms with Gasteiger partial charge in [-0.25, -0.2) is 0 Å². The SMILES string of the molecule is C[C@H](c1nnc(SCc2cc(-c3ccco3)on2)n1-c1ccc(Cl)cc1)N1CCCCC1. The van der Waals surface area contributed by atoms with Crippen molar-refractivity contribution in [3.63, 3.8) is 0 Å². The maximum Gasteiger partial charge on any atom is 0.202 e. The molecule has 0 bridgehead atoms. The maximum atomic E-state index is 6.14. The maximum absolute atomic E-state index is 6.14. The molecule has 4 aromatic rings. The Morgan fingerprint density at radius 2 is 1.88 bits per heavy atom. The summed E-state index contributed by atoms with van der Waals surface area (Å²) < 4.78 is 12.9. The number of nitrogens with zero attached hydrogens (tertiary/aromatic N) is 5. The molecule has 0 amide bonds. The van der Waals surface area contributed by atoms with Gasteiger partial charge >= 0.3 is 0 Å². The number of halogens is 1. The molecule has 0 aliphatic carbocycles. The number of hydrogen-bond donors (Lipinski definition) is 0. The van der Waals surface area contributed by atoms with Gasteiger partial charge in [0, 0.05) is 22.5 Å². The van der Waals surface area contributed by atoms with Gasteiger partial charge in [0.05, 0.1) is 18.0 Å². The van der Waals surface area contributed by atoms with Gasteiger partial charge in [0.1, 0.15) is 0 Å². The lowest BCUT2D eigenvalue weighted by Gasteiger charge is -2.31. The summed E-state index contributed by atoms with van der Waals surface area (Å²) in [4.78, 5) is 2.49. The summed E-state index contributed by atoms with van der Waals surface area (Å²) in [6.45, 7) is 4.39. The first-order valence-corrected chi connectivity index (χ1v) is 12.1. The average molecular weight is 470 g/mol. The summed E-state index contributed by atoms with van der Waals surface area (Å²) in [5.74, 6) is 2.82. The molecule has 0 spiro atoms. The lowest BCUT2D eigenvalue weighted by Crippen LogP contribution is -2.33. The first-order valence-electron chi connectivity index (χ1n) is 10.8. The van der Waals surface area contributed by atoms with E-state index in [9.17, 15) is 0 Å². The Balaban J connectivity index is 1.41. The molecule has 5 rings (SSSR count). The van der Waals surface area contributed by atoms with Crippen molar-refractivity contribution in [2.75, 3.05) is 13.1 Å². The van der Waals surface area contributed by atoms with Crippen LogP contribution in [-0.4, -0.2) is 37.9 Å². The molecule has 0 saturated carbocycles. The Hall–Kier alpha value is -2.55. The van der Waals surface area contributed by atoms with E-state index in [1.165, 1.54) is 19.3 Å². The number of rotatable bonds is 7. The van der Waals surface area contributed by atoms with Crippen molar-refractivity contribution in [3.8, 4) is 17.2 Å². The van der Waals surface area contributed by atoms with Crippen molar-refractivity contribution in [2.24, 2.45) is 0 Å². The molecule has 0 unspecified atom stereocenters. The van der Waals surface area contributed by atoms with Gasteiger partial charge in [0.25, 0.3) is 0 Å². The number of aromatic nitrogens is 4. The normalized spacial score (nSPS) is 15.8. The lowest BCUT2D eigenvalue weighted by atomic mass is 10.1. The highest BCUT2D eigenvalue weighted by atomic mass is 35.5. The molecule has 32 heavy (non-hydrogen) atoms. The van der Waals surface area contributed by atoms with Crippen LogP contribution in [0.3, 0.4) is 0 Å². The second-order valence-electron chi connectivity index (χ2n) is 7.87. The van der Waals surface area contributed by atoms with E-state index in [1.807, 2.05) is 42.5 Å². The second kappa shape index (κ2) is 9.52. The summed E-state index contributed by atoms with van der Waals surface area (Å²) in [6.07, 6.45) is 5.37. The van der Waals surface area contributed by atoms with E-state index in [-0.39, 0.29) is 6.04 Å². The Labute approximate surface area is 195 Å². The first kappa shape index (κ1) is 21.3. The van der Waals surface area contributed by atoms with Crippen molar-refractivity contribution in [1.82, 2.24) is 24.8 Å². The summed E-state index contributed by atoms with van der Waals surface area (Å²) >= 11 is 7.72. The molecule has 1 aromatic carbocycles. The van der Waals surface area contributed by atoms with E-state index in [4.69, 9.17) is 20.5 Å². The van der Waals surface area contributed by atoms with Crippen LogP contribution in [0.15, 0.2) is 62.8 Å². The molecule has 166 valence electrons. The van der Waals surface area contributed by atoms with Crippen LogP contribution in [0.1, 0.15) is 43.7 Å². The third-order valence-electron chi connectivity index (χ3n) is 5.73. The van der Waals surface area contributed by atoms with E-state index in [0.29, 0.717) is 22.3 Å². The van der Waals surface area contributed by atoms with E-state index < -0.39 is 0 Å². The Bertz CT molecular complexity index is 1150. The summed E-state index contributed by atoms with van der Waals surface area (Å²) in [6, 6.07) is 13.6. The molecule has 0 radical (unpaired) electrons. The molecule has 0 N–H and O–H groups in total. The monoisotopic (exact) mass is 469 g/mol. The molecular formula is C23H24ClN5O2S. The standard InChI is InChI=1S/C23H24ClN5O2S/c1-16(28-11-3-2-4-12-28)22-25-26-23(29(22)19-9-7-17(24)8-10-19)32-15-18-14-21(31-27-18)20-6-5-13-30-20/h5-10,13-14,16H,2-4,11-12,15H2,1H3/t16-/m1/s1. The van der Waals surface area contributed by atoms with Gasteiger partial charge in [-0.2, -0.15) is 0 Å². The minimum Gasteiger partial charge on any atom is -0.461 e.